The fourth-order valence-electron chi connectivity index (χ4n) is 7.32. The monoisotopic (exact) mass is 741 g/mol. The van der Waals surface area contributed by atoms with Gasteiger partial charge in [-0.1, -0.05) is 36.8 Å². The third-order valence-corrected chi connectivity index (χ3v) is 11.2. The number of H-pyrrole nitrogens is 1. The standard InChI is InChI=1S/C34H45Br2N7O2/c35-29-20-24(21-30(36)32(29)37)19-26(22-40-15-9-27(10-16-40)41-13-5-2-6-14-41)38-33(44)42-17-11-28(12-18-42)43-23-31(39-34(43)45)25-7-3-1-4-8-25/h1,3-4,7-8,20-21,23,26-28H,2,5-6,9-19,22,37H2,(H,38,44)(H,39,45)/t26-/m1/s1. The van der Waals surface area contributed by atoms with Crippen LogP contribution in [-0.2, 0) is 6.42 Å². The molecular formula is C34H45Br2N7O2. The summed E-state index contributed by atoms with van der Waals surface area (Å²) in [5.41, 5.74) is 9.69. The minimum atomic E-state index is -0.0957. The summed E-state index contributed by atoms with van der Waals surface area (Å²) in [4.78, 5) is 36.6. The average Bonchev–Trinajstić information content (AvgIpc) is 3.46. The number of piperidine rings is 3. The van der Waals surface area contributed by atoms with Gasteiger partial charge >= 0.3 is 11.7 Å². The molecule has 1 aromatic heterocycles. The number of hydrogen-bond donors (Lipinski definition) is 3. The van der Waals surface area contributed by atoms with Crippen LogP contribution >= 0.6 is 31.9 Å². The molecule has 3 aliphatic rings. The van der Waals surface area contributed by atoms with E-state index in [4.69, 9.17) is 5.73 Å². The highest BCUT2D eigenvalue weighted by molar-refractivity contribution is 9.11. The number of nitrogens with one attached hydrogen (secondary N) is 2. The molecule has 4 N–H and O–H groups in total. The molecule has 0 aliphatic carbocycles. The lowest BCUT2D eigenvalue weighted by Crippen LogP contribution is -2.54. The first-order valence-electron chi connectivity index (χ1n) is 16.5. The number of aromatic amines is 1. The number of nitrogen functional groups attached to an aromatic ring is 1. The number of hydrogen-bond acceptors (Lipinski definition) is 5. The molecule has 4 heterocycles. The second-order valence-electron chi connectivity index (χ2n) is 12.9. The number of amides is 2. The van der Waals surface area contributed by atoms with Crippen LogP contribution in [0.15, 0.2) is 62.4 Å². The number of urea groups is 1. The highest BCUT2D eigenvalue weighted by Gasteiger charge is 2.30. The average molecular weight is 744 g/mol. The van der Waals surface area contributed by atoms with Crippen molar-refractivity contribution in [2.45, 2.75) is 69.5 Å². The van der Waals surface area contributed by atoms with Crippen molar-refractivity contribution < 1.29 is 4.79 Å². The van der Waals surface area contributed by atoms with Crippen molar-refractivity contribution in [3.63, 3.8) is 0 Å². The minimum absolute atomic E-state index is 0.0263. The van der Waals surface area contributed by atoms with Gasteiger partial charge in [0.2, 0.25) is 0 Å². The molecular weight excluding hydrogens is 698 g/mol. The largest absolute Gasteiger partial charge is 0.397 e. The maximum absolute atomic E-state index is 13.7. The molecule has 6 rings (SSSR count). The maximum atomic E-state index is 13.7. The fourth-order valence-corrected chi connectivity index (χ4v) is 8.60. The molecule has 9 nitrogen and oxygen atoms in total. The molecule has 2 amide bonds. The molecule has 0 saturated carbocycles. The van der Waals surface area contributed by atoms with Gasteiger partial charge in [-0.15, -0.1) is 0 Å². The molecule has 2 aromatic carbocycles. The summed E-state index contributed by atoms with van der Waals surface area (Å²) in [7, 11) is 0. The van der Waals surface area contributed by atoms with E-state index in [1.54, 1.807) is 0 Å². The number of likely N-dealkylation sites (tertiary alicyclic amines) is 3. The lowest BCUT2D eigenvalue weighted by Gasteiger charge is -2.41. The predicted octanol–water partition coefficient (Wildman–Crippen LogP) is 5.86. The van der Waals surface area contributed by atoms with Crippen molar-refractivity contribution >= 4 is 43.6 Å². The van der Waals surface area contributed by atoms with Crippen LogP contribution in [0.1, 0.15) is 56.6 Å². The molecule has 0 unspecified atom stereocenters. The lowest BCUT2D eigenvalue weighted by molar-refractivity contribution is 0.0876. The molecule has 3 fully saturated rings. The molecule has 242 valence electrons. The Morgan fingerprint density at radius 1 is 0.911 bits per heavy atom. The topological polar surface area (TPSA) is 103 Å². The van der Waals surface area contributed by atoms with E-state index in [0.717, 1.165) is 58.2 Å². The van der Waals surface area contributed by atoms with Gasteiger partial charge in [-0.25, -0.2) is 9.59 Å². The first kappa shape index (κ1) is 32.3. The van der Waals surface area contributed by atoms with Crippen molar-refractivity contribution in [1.29, 1.82) is 0 Å². The van der Waals surface area contributed by atoms with Crippen molar-refractivity contribution in [1.82, 2.24) is 29.6 Å². The van der Waals surface area contributed by atoms with Gasteiger partial charge in [0.05, 0.1) is 11.4 Å². The summed E-state index contributed by atoms with van der Waals surface area (Å²) in [6.45, 7) is 6.65. The molecule has 1 atom stereocenters. The summed E-state index contributed by atoms with van der Waals surface area (Å²) < 4.78 is 3.53. The molecule has 3 aliphatic heterocycles. The maximum Gasteiger partial charge on any atom is 0.326 e. The number of anilines is 1. The number of nitrogens with zero attached hydrogens (tertiary/aromatic N) is 4. The minimum Gasteiger partial charge on any atom is -0.397 e. The number of carbonyl (C=O) groups is 1. The summed E-state index contributed by atoms with van der Waals surface area (Å²) >= 11 is 7.19. The van der Waals surface area contributed by atoms with Crippen molar-refractivity contribution in [2.24, 2.45) is 0 Å². The van der Waals surface area contributed by atoms with E-state index < -0.39 is 0 Å². The normalized spacial score (nSPS) is 19.9. The summed E-state index contributed by atoms with van der Waals surface area (Å²) in [5.74, 6) is 0. The molecule has 11 heteroatoms. The zero-order valence-electron chi connectivity index (χ0n) is 25.9. The first-order valence-corrected chi connectivity index (χ1v) is 18.0. The molecule has 45 heavy (non-hydrogen) atoms. The van der Waals surface area contributed by atoms with Crippen LogP contribution in [0, 0.1) is 0 Å². The highest BCUT2D eigenvalue weighted by atomic mass is 79.9. The Morgan fingerprint density at radius 3 is 2.22 bits per heavy atom. The number of carbonyl (C=O) groups excluding carboxylic acids is 1. The Bertz CT molecular complexity index is 1460. The van der Waals surface area contributed by atoms with E-state index >= 15 is 0 Å². The van der Waals surface area contributed by atoms with E-state index in [1.165, 1.54) is 45.2 Å². The van der Waals surface area contributed by atoms with Gasteiger partial charge in [0.25, 0.3) is 0 Å². The van der Waals surface area contributed by atoms with Crippen molar-refractivity contribution in [2.75, 3.05) is 51.5 Å². The summed E-state index contributed by atoms with van der Waals surface area (Å²) in [5, 5.41) is 3.40. The van der Waals surface area contributed by atoms with E-state index in [1.807, 2.05) is 46.0 Å². The molecule has 0 spiro atoms. The van der Waals surface area contributed by atoms with E-state index in [9.17, 15) is 9.59 Å². The Kier molecular flexibility index (Phi) is 10.7. The Morgan fingerprint density at radius 2 is 1.56 bits per heavy atom. The Balaban J connectivity index is 1.08. The smallest absolute Gasteiger partial charge is 0.326 e. The van der Waals surface area contributed by atoms with E-state index in [0.29, 0.717) is 31.2 Å². The van der Waals surface area contributed by atoms with Crippen LogP contribution < -0.4 is 16.7 Å². The zero-order chi connectivity index (χ0) is 31.3. The molecule has 0 radical (unpaired) electrons. The second kappa shape index (κ2) is 14.9. The van der Waals surface area contributed by atoms with E-state index in [2.05, 4.69) is 64.1 Å². The summed E-state index contributed by atoms with van der Waals surface area (Å²) in [6, 6.07) is 14.7. The van der Waals surface area contributed by atoms with Crippen LogP contribution in [0.4, 0.5) is 10.5 Å². The SMILES string of the molecule is Nc1c(Br)cc(C[C@H](CN2CCC(N3CCCCC3)CC2)NC(=O)N2CCC(n3cc(-c4ccccc4)[nH]c3=O)CC2)cc1Br. The van der Waals surface area contributed by atoms with Gasteiger partial charge in [-0.2, -0.15) is 0 Å². The summed E-state index contributed by atoms with van der Waals surface area (Å²) in [6.07, 6.45) is 10.5. The first-order chi connectivity index (χ1) is 21.8. The number of nitrogens with two attached hydrogens (primary N) is 1. The van der Waals surface area contributed by atoms with Gasteiger partial charge in [-0.3, -0.25) is 4.57 Å². The molecule has 3 saturated heterocycles. The van der Waals surface area contributed by atoms with Gasteiger partial charge in [0.15, 0.2) is 0 Å². The third kappa shape index (κ3) is 8.04. The number of halogens is 2. The van der Waals surface area contributed by atoms with Crippen LogP contribution in [-0.4, -0.2) is 88.2 Å². The number of rotatable bonds is 8. The third-order valence-electron chi connectivity index (χ3n) is 9.87. The Labute approximate surface area is 282 Å². The van der Waals surface area contributed by atoms with Crippen molar-refractivity contribution in [3.05, 3.63) is 73.7 Å². The highest BCUT2D eigenvalue weighted by Crippen LogP contribution is 2.31. The van der Waals surface area contributed by atoms with Gasteiger partial charge < -0.3 is 30.7 Å². The molecule has 3 aromatic rings. The van der Waals surface area contributed by atoms with Crippen LogP contribution in [0.3, 0.4) is 0 Å². The zero-order valence-corrected chi connectivity index (χ0v) is 29.1. The van der Waals surface area contributed by atoms with E-state index in [-0.39, 0.29) is 23.8 Å². The lowest BCUT2D eigenvalue weighted by atomic mass is 9.98. The molecule has 0 bridgehead atoms. The van der Waals surface area contributed by atoms with Gasteiger partial charge in [0, 0.05) is 52.9 Å². The van der Waals surface area contributed by atoms with Crippen LogP contribution in [0.25, 0.3) is 11.3 Å². The van der Waals surface area contributed by atoms with Crippen LogP contribution in [0.2, 0.25) is 0 Å². The van der Waals surface area contributed by atoms with Gasteiger partial charge in [0.1, 0.15) is 0 Å². The number of benzene rings is 2. The van der Waals surface area contributed by atoms with Gasteiger partial charge in [-0.05, 0) is 126 Å². The quantitative estimate of drug-likeness (QED) is 0.251. The fraction of sp³-hybridized carbons (Fsp3) is 0.529. The Hall–Kier alpha value is -2.60. The van der Waals surface area contributed by atoms with Crippen LogP contribution in [0.5, 0.6) is 0 Å². The number of aromatic nitrogens is 2. The second-order valence-corrected chi connectivity index (χ2v) is 14.6. The predicted molar refractivity (Wildman–Crippen MR) is 187 cm³/mol. The number of imidazole rings is 1. The van der Waals surface area contributed by atoms with Crippen molar-refractivity contribution in [3.8, 4) is 11.3 Å².